The van der Waals surface area contributed by atoms with Crippen molar-refractivity contribution in [1.82, 2.24) is 4.31 Å². The summed E-state index contributed by atoms with van der Waals surface area (Å²) in [6, 6.07) is 5.10. The number of sulfone groups is 1. The van der Waals surface area contributed by atoms with Crippen LogP contribution in [-0.4, -0.2) is 59.5 Å². The highest BCUT2D eigenvalue weighted by molar-refractivity contribution is 7.90. The second-order valence-corrected chi connectivity index (χ2v) is 13.1. The van der Waals surface area contributed by atoms with Crippen LogP contribution >= 0.6 is 11.3 Å². The predicted octanol–water partition coefficient (Wildman–Crippen LogP) is 2.59. The molecule has 1 fully saturated rings. The molecule has 2 aromatic rings. The van der Waals surface area contributed by atoms with Gasteiger partial charge in [-0.15, -0.1) is 11.3 Å². The predicted molar refractivity (Wildman–Crippen MR) is 125 cm³/mol. The van der Waals surface area contributed by atoms with Gasteiger partial charge in [0.15, 0.2) is 9.84 Å². The van der Waals surface area contributed by atoms with E-state index in [1.807, 2.05) is 6.92 Å². The van der Waals surface area contributed by atoms with Crippen molar-refractivity contribution < 1.29 is 31.2 Å². The largest absolute Gasteiger partial charge is 0.465 e. The second-order valence-electron chi connectivity index (χ2n) is 7.89. The van der Waals surface area contributed by atoms with Crippen molar-refractivity contribution in [1.29, 1.82) is 0 Å². The number of amides is 1. The third-order valence-corrected chi connectivity index (χ3v) is 9.89. The molecule has 12 heteroatoms. The number of benzene rings is 1. The second kappa shape index (κ2) is 9.53. The average Bonchev–Trinajstić information content (AvgIpc) is 3.05. The Kier molecular flexibility index (Phi) is 7.32. The highest BCUT2D eigenvalue weighted by Gasteiger charge is 2.33. The SMILES string of the molecule is COC(=O)c1c(NC(=O)C2CCN(S(=O)(=O)c3ccc(S(C)(=O)=O)cc3)CC2)sc(C)c1C. The first kappa shape index (κ1) is 25.3. The van der Waals surface area contributed by atoms with Crippen LogP contribution in [0.4, 0.5) is 5.00 Å². The van der Waals surface area contributed by atoms with Gasteiger partial charge in [-0.1, -0.05) is 0 Å². The van der Waals surface area contributed by atoms with Gasteiger partial charge in [-0.25, -0.2) is 21.6 Å². The number of thiophene rings is 1. The number of carbonyl (C=O) groups excluding carboxylic acids is 2. The molecule has 0 atom stereocenters. The van der Waals surface area contributed by atoms with Crippen molar-refractivity contribution in [2.75, 3.05) is 31.8 Å². The van der Waals surface area contributed by atoms with E-state index >= 15 is 0 Å². The summed E-state index contributed by atoms with van der Waals surface area (Å²) in [6.45, 7) is 3.95. The molecule has 3 rings (SSSR count). The lowest BCUT2D eigenvalue weighted by atomic mass is 9.97. The molecule has 1 aliphatic heterocycles. The number of sulfonamides is 1. The number of nitrogens with zero attached hydrogens (tertiary/aromatic N) is 1. The smallest absolute Gasteiger partial charge is 0.341 e. The molecule has 1 saturated heterocycles. The Morgan fingerprint density at radius 3 is 2.09 bits per heavy atom. The van der Waals surface area contributed by atoms with Crippen molar-refractivity contribution >= 4 is 48.1 Å². The van der Waals surface area contributed by atoms with Crippen LogP contribution in [0, 0.1) is 19.8 Å². The maximum Gasteiger partial charge on any atom is 0.341 e. The van der Waals surface area contributed by atoms with Gasteiger partial charge in [0, 0.05) is 30.1 Å². The molecule has 33 heavy (non-hydrogen) atoms. The topological polar surface area (TPSA) is 127 Å². The van der Waals surface area contributed by atoms with Crippen LogP contribution in [0.15, 0.2) is 34.1 Å². The summed E-state index contributed by atoms with van der Waals surface area (Å²) >= 11 is 1.30. The van der Waals surface area contributed by atoms with Crippen LogP contribution in [0.1, 0.15) is 33.6 Å². The number of hydrogen-bond acceptors (Lipinski definition) is 8. The van der Waals surface area contributed by atoms with E-state index in [0.717, 1.165) is 16.7 Å². The Balaban J connectivity index is 1.68. The number of carbonyl (C=O) groups is 2. The van der Waals surface area contributed by atoms with Crippen LogP contribution in [0.25, 0.3) is 0 Å². The summed E-state index contributed by atoms with van der Waals surface area (Å²) in [5, 5.41) is 3.25. The van der Waals surface area contributed by atoms with Gasteiger partial charge in [-0.05, 0) is 56.5 Å². The Hall–Kier alpha value is -2.28. The highest BCUT2D eigenvalue weighted by Crippen LogP contribution is 2.34. The van der Waals surface area contributed by atoms with Gasteiger partial charge < -0.3 is 10.1 Å². The molecular weight excluding hydrogens is 488 g/mol. The van der Waals surface area contributed by atoms with Crippen LogP contribution in [0.2, 0.25) is 0 Å². The zero-order valence-electron chi connectivity index (χ0n) is 18.7. The first-order chi connectivity index (χ1) is 15.4. The minimum Gasteiger partial charge on any atom is -0.465 e. The van der Waals surface area contributed by atoms with Crippen LogP contribution < -0.4 is 5.32 Å². The van der Waals surface area contributed by atoms with Gasteiger partial charge in [-0.2, -0.15) is 4.31 Å². The molecule has 2 heterocycles. The lowest BCUT2D eigenvalue weighted by Crippen LogP contribution is -2.41. The lowest BCUT2D eigenvalue weighted by Gasteiger charge is -2.30. The van der Waals surface area contributed by atoms with Gasteiger partial charge in [0.1, 0.15) is 5.00 Å². The fourth-order valence-electron chi connectivity index (χ4n) is 3.64. The Morgan fingerprint density at radius 2 is 1.58 bits per heavy atom. The number of anilines is 1. The van der Waals surface area contributed by atoms with E-state index < -0.39 is 31.7 Å². The summed E-state index contributed by atoms with van der Waals surface area (Å²) < 4.78 is 55.2. The number of ether oxygens (including phenoxy) is 1. The van der Waals surface area contributed by atoms with E-state index in [1.165, 1.54) is 47.0 Å². The van der Waals surface area contributed by atoms with Crippen LogP contribution in [-0.2, 0) is 29.4 Å². The maximum absolute atomic E-state index is 12.9. The van der Waals surface area contributed by atoms with Crippen molar-refractivity contribution in [2.24, 2.45) is 5.92 Å². The molecule has 1 aromatic carbocycles. The van der Waals surface area contributed by atoms with E-state index in [0.29, 0.717) is 23.4 Å². The van der Waals surface area contributed by atoms with Gasteiger partial charge in [0.2, 0.25) is 15.9 Å². The van der Waals surface area contributed by atoms with Crippen molar-refractivity contribution in [3.8, 4) is 0 Å². The summed E-state index contributed by atoms with van der Waals surface area (Å²) in [5.41, 5.74) is 1.09. The first-order valence-corrected chi connectivity index (χ1v) is 14.3. The zero-order chi connectivity index (χ0) is 24.6. The van der Waals surface area contributed by atoms with Crippen molar-refractivity contribution in [2.45, 2.75) is 36.5 Å². The van der Waals surface area contributed by atoms with Crippen molar-refractivity contribution in [3.05, 3.63) is 40.3 Å². The number of methoxy groups -OCH3 is 1. The molecule has 0 aliphatic carbocycles. The fourth-order valence-corrected chi connectivity index (χ4v) is 6.79. The molecule has 9 nitrogen and oxygen atoms in total. The summed E-state index contributed by atoms with van der Waals surface area (Å²) in [7, 11) is -5.95. The fraction of sp³-hybridized carbons (Fsp3) is 0.429. The number of hydrogen-bond donors (Lipinski definition) is 1. The summed E-state index contributed by atoms with van der Waals surface area (Å²) in [5.74, 6) is -1.19. The Bertz CT molecular complexity index is 1270. The molecule has 0 saturated carbocycles. The number of nitrogens with one attached hydrogen (secondary N) is 1. The number of piperidine rings is 1. The molecular formula is C21H26N2O7S3. The number of esters is 1. The van der Waals surface area contributed by atoms with E-state index in [1.54, 1.807) is 6.92 Å². The third kappa shape index (κ3) is 5.29. The summed E-state index contributed by atoms with van der Waals surface area (Å²) in [6.07, 6.45) is 1.70. The van der Waals surface area contributed by atoms with Crippen LogP contribution in [0.5, 0.6) is 0 Å². The minimum absolute atomic E-state index is 0.00468. The minimum atomic E-state index is -3.81. The molecule has 180 valence electrons. The van der Waals surface area contributed by atoms with E-state index in [-0.39, 0.29) is 28.8 Å². The third-order valence-electron chi connectivity index (χ3n) is 5.73. The average molecular weight is 515 g/mol. The Morgan fingerprint density at radius 1 is 1.03 bits per heavy atom. The molecule has 0 radical (unpaired) electrons. The monoisotopic (exact) mass is 514 g/mol. The van der Waals surface area contributed by atoms with Gasteiger partial charge >= 0.3 is 5.97 Å². The van der Waals surface area contributed by atoms with Crippen molar-refractivity contribution in [3.63, 3.8) is 0 Å². The quantitative estimate of drug-likeness (QED) is 0.587. The molecule has 0 unspecified atom stereocenters. The zero-order valence-corrected chi connectivity index (χ0v) is 21.2. The molecule has 1 aliphatic rings. The van der Waals surface area contributed by atoms with E-state index in [9.17, 15) is 26.4 Å². The van der Waals surface area contributed by atoms with E-state index in [2.05, 4.69) is 5.32 Å². The highest BCUT2D eigenvalue weighted by atomic mass is 32.2. The molecule has 1 N–H and O–H groups in total. The normalized spacial score (nSPS) is 15.9. The van der Waals surface area contributed by atoms with Gasteiger partial charge in [-0.3, -0.25) is 4.79 Å². The lowest BCUT2D eigenvalue weighted by molar-refractivity contribution is -0.120. The molecule has 1 amide bonds. The summed E-state index contributed by atoms with van der Waals surface area (Å²) in [4.78, 5) is 25.9. The molecule has 0 spiro atoms. The number of aryl methyl sites for hydroxylation is 1. The van der Waals surface area contributed by atoms with E-state index in [4.69, 9.17) is 4.74 Å². The Labute approximate surface area is 197 Å². The number of rotatable bonds is 6. The molecule has 1 aromatic heterocycles. The first-order valence-electron chi connectivity index (χ1n) is 10.2. The van der Waals surface area contributed by atoms with Crippen LogP contribution in [0.3, 0.4) is 0 Å². The standard InChI is InChI=1S/C21H26N2O7S3/c1-13-14(2)31-20(18(13)21(25)30-3)22-19(24)15-9-11-23(12-10-15)33(28,29)17-7-5-16(6-8-17)32(4,26)27/h5-8,15H,9-12H2,1-4H3,(H,22,24). The molecule has 0 bridgehead atoms. The van der Waals surface area contributed by atoms with Gasteiger partial charge in [0.05, 0.1) is 22.5 Å². The van der Waals surface area contributed by atoms with Gasteiger partial charge in [0.25, 0.3) is 0 Å². The maximum atomic E-state index is 12.9.